The lowest BCUT2D eigenvalue weighted by atomic mass is 9.83. The van der Waals surface area contributed by atoms with Crippen LogP contribution < -0.4 is 5.32 Å². The number of nitrogens with one attached hydrogen (secondary N) is 1. The maximum atomic E-state index is 11.4. The van der Waals surface area contributed by atoms with E-state index in [1.165, 1.54) is 0 Å². The van der Waals surface area contributed by atoms with Crippen molar-refractivity contribution in [2.75, 3.05) is 6.61 Å². The summed E-state index contributed by atoms with van der Waals surface area (Å²) in [5, 5.41) is 28.3. The molecular weight excluding hydrogens is 302 g/mol. The van der Waals surface area contributed by atoms with Crippen LogP contribution in [0.25, 0.3) is 0 Å². The lowest BCUT2D eigenvalue weighted by molar-refractivity contribution is -0.138. The number of aliphatic hydroxyl groups is 1. The first-order valence-electron chi connectivity index (χ1n) is 6.28. The van der Waals surface area contributed by atoms with Gasteiger partial charge >= 0.3 is 11.9 Å². The minimum Gasteiger partial charge on any atom is -0.481 e. The normalized spacial score (nSPS) is 11.0. The van der Waals surface area contributed by atoms with Crippen molar-refractivity contribution in [2.45, 2.75) is 44.1 Å². The van der Waals surface area contributed by atoms with Crippen molar-refractivity contribution in [3.63, 3.8) is 0 Å². The molecule has 0 heterocycles. The first-order chi connectivity index (χ1) is 9.70. The van der Waals surface area contributed by atoms with Crippen molar-refractivity contribution in [1.29, 1.82) is 0 Å². The minimum atomic E-state index is -1.17. The summed E-state index contributed by atoms with van der Waals surface area (Å²) in [6.45, 7) is -0.809. The van der Waals surface area contributed by atoms with Gasteiger partial charge in [-0.25, -0.2) is 0 Å². The molecule has 120 valence electrons. The van der Waals surface area contributed by atoms with E-state index in [0.717, 1.165) is 0 Å². The highest BCUT2D eigenvalue weighted by Crippen LogP contribution is 2.26. The Morgan fingerprint density at radius 1 is 0.905 bits per heavy atom. The van der Waals surface area contributed by atoms with Gasteiger partial charge in [-0.2, -0.15) is 0 Å². The zero-order valence-electron chi connectivity index (χ0n) is 11.4. The summed E-state index contributed by atoms with van der Waals surface area (Å²) in [6.07, 6.45) is -0.668. The van der Waals surface area contributed by atoms with E-state index in [1.807, 2.05) is 0 Å². The predicted molar refractivity (Wildman–Crippen MR) is 74.9 cm³/mol. The molecule has 9 heteroatoms. The summed E-state index contributed by atoms with van der Waals surface area (Å²) < 4.78 is 0. The highest BCUT2D eigenvalue weighted by Gasteiger charge is 2.33. The van der Waals surface area contributed by atoms with Gasteiger partial charge in [0.05, 0.1) is 0 Å². The molecule has 4 N–H and O–H groups in total. The monoisotopic (exact) mass is 321 g/mol. The molecule has 0 fully saturated rings. The number of aliphatic carboxylic acids is 2. The highest BCUT2D eigenvalue weighted by molar-refractivity contribution is 7.96. The van der Waals surface area contributed by atoms with Crippen molar-refractivity contribution >= 4 is 35.6 Å². The van der Waals surface area contributed by atoms with Gasteiger partial charge in [-0.3, -0.25) is 19.2 Å². The summed E-state index contributed by atoms with van der Waals surface area (Å²) in [5.74, 6) is -2.97. The van der Waals surface area contributed by atoms with E-state index < -0.39 is 35.1 Å². The van der Waals surface area contributed by atoms with Crippen LogP contribution in [0, 0.1) is 0 Å². The molecule has 0 aliphatic rings. The number of aliphatic hydroxyl groups excluding tert-OH is 1. The lowest BCUT2D eigenvalue weighted by Gasteiger charge is -2.34. The number of carbonyl (C=O) groups is 4. The first kappa shape index (κ1) is 19.4. The van der Waals surface area contributed by atoms with Gasteiger partial charge in [0.15, 0.2) is 5.12 Å². The number of rotatable bonds is 11. The molecule has 0 aliphatic carbocycles. The Morgan fingerprint density at radius 2 is 1.33 bits per heavy atom. The molecule has 0 saturated heterocycles. The van der Waals surface area contributed by atoms with E-state index in [2.05, 4.69) is 17.9 Å². The zero-order valence-corrected chi connectivity index (χ0v) is 12.3. The molecule has 0 spiro atoms. The minimum absolute atomic E-state index is 0.0393. The third kappa shape index (κ3) is 9.03. The second kappa shape index (κ2) is 9.35. The maximum Gasteiger partial charge on any atom is 0.303 e. The topological polar surface area (TPSA) is 141 Å². The molecule has 0 aromatic rings. The van der Waals surface area contributed by atoms with Crippen LogP contribution in [0.1, 0.15) is 38.5 Å². The second-order valence-electron chi connectivity index (χ2n) is 4.67. The standard InChI is InChI=1S/C12H19NO7S/c14-7-8(15)13-12(4-1-9(16)17,5-2-10(18)19)6-3-11(20)21/h14H,1-7H2,(H,13,15)(H,16,17)(H,18,19)(H,20,21). The average molecular weight is 321 g/mol. The van der Waals surface area contributed by atoms with Crippen LogP contribution >= 0.6 is 12.6 Å². The number of carbonyl (C=O) groups excluding carboxylic acids is 2. The molecule has 0 unspecified atom stereocenters. The zero-order chi connectivity index (χ0) is 16.5. The van der Waals surface area contributed by atoms with Crippen LogP contribution in [-0.2, 0) is 19.2 Å². The van der Waals surface area contributed by atoms with E-state index in [1.54, 1.807) is 0 Å². The average Bonchev–Trinajstić information content (AvgIpc) is 2.40. The molecular formula is C12H19NO7S. The van der Waals surface area contributed by atoms with Crippen molar-refractivity contribution in [3.05, 3.63) is 0 Å². The fraction of sp³-hybridized carbons (Fsp3) is 0.667. The number of amides is 1. The van der Waals surface area contributed by atoms with Crippen molar-refractivity contribution in [2.24, 2.45) is 0 Å². The van der Waals surface area contributed by atoms with Crippen LogP contribution in [0.5, 0.6) is 0 Å². The summed E-state index contributed by atoms with van der Waals surface area (Å²) >= 11 is 3.61. The first-order valence-corrected chi connectivity index (χ1v) is 6.73. The molecule has 0 rings (SSSR count). The molecule has 0 atom stereocenters. The Morgan fingerprint density at radius 3 is 1.67 bits per heavy atom. The quantitative estimate of drug-likeness (QED) is 0.332. The molecule has 8 nitrogen and oxygen atoms in total. The van der Waals surface area contributed by atoms with Gasteiger partial charge in [0.1, 0.15) is 6.61 Å². The van der Waals surface area contributed by atoms with Gasteiger partial charge in [-0.05, 0) is 19.3 Å². The molecule has 1 amide bonds. The third-order valence-corrected chi connectivity index (χ3v) is 3.22. The van der Waals surface area contributed by atoms with E-state index in [4.69, 9.17) is 15.3 Å². The highest BCUT2D eigenvalue weighted by atomic mass is 32.1. The summed E-state index contributed by atoms with van der Waals surface area (Å²) in [7, 11) is 0. The summed E-state index contributed by atoms with van der Waals surface area (Å²) in [5.41, 5.74) is -1.17. The van der Waals surface area contributed by atoms with Gasteiger partial charge in [0.2, 0.25) is 5.91 Å². The van der Waals surface area contributed by atoms with Gasteiger partial charge in [-0.1, -0.05) is 0 Å². The number of carboxylic acids is 2. The molecule has 0 radical (unpaired) electrons. The maximum absolute atomic E-state index is 11.4. The SMILES string of the molecule is O=C(O)CCC(CCC(=O)O)(CCC(=O)S)NC(=O)CO. The van der Waals surface area contributed by atoms with Crippen LogP contribution in [0.2, 0.25) is 0 Å². The molecule has 21 heavy (non-hydrogen) atoms. The van der Waals surface area contributed by atoms with E-state index in [9.17, 15) is 19.2 Å². The third-order valence-electron chi connectivity index (χ3n) is 3.00. The van der Waals surface area contributed by atoms with Gasteiger partial charge in [-0.15, -0.1) is 12.6 Å². The van der Waals surface area contributed by atoms with Crippen LogP contribution in [0.15, 0.2) is 0 Å². The molecule has 0 aromatic carbocycles. The summed E-state index contributed by atoms with van der Waals surface area (Å²) in [4.78, 5) is 43.8. The number of carboxylic acid groups (broad SMARTS) is 2. The van der Waals surface area contributed by atoms with E-state index in [0.29, 0.717) is 0 Å². The fourth-order valence-electron chi connectivity index (χ4n) is 1.94. The van der Waals surface area contributed by atoms with Crippen LogP contribution in [-0.4, -0.2) is 50.4 Å². The number of hydrogen-bond donors (Lipinski definition) is 5. The molecule has 0 aliphatic heterocycles. The number of thiol groups is 1. The Labute approximate surface area is 126 Å². The van der Waals surface area contributed by atoms with Crippen molar-refractivity contribution in [1.82, 2.24) is 5.32 Å². The van der Waals surface area contributed by atoms with E-state index >= 15 is 0 Å². The predicted octanol–water partition coefficient (Wildman–Crippen LogP) is -0.200. The van der Waals surface area contributed by atoms with Gasteiger partial charge in [0, 0.05) is 24.8 Å². The van der Waals surface area contributed by atoms with Crippen molar-refractivity contribution < 1.29 is 34.5 Å². The molecule has 0 saturated carbocycles. The van der Waals surface area contributed by atoms with Gasteiger partial charge < -0.3 is 20.6 Å². The Kier molecular flexibility index (Phi) is 8.63. The smallest absolute Gasteiger partial charge is 0.303 e. The summed E-state index contributed by atoms with van der Waals surface area (Å²) in [6, 6.07) is 0. The van der Waals surface area contributed by atoms with E-state index in [-0.39, 0.29) is 38.5 Å². The Balaban J connectivity index is 5.11. The van der Waals surface area contributed by atoms with Crippen LogP contribution in [0.4, 0.5) is 0 Å². The Hall–Kier alpha value is -1.61. The number of hydrogen-bond acceptors (Lipinski definition) is 5. The largest absolute Gasteiger partial charge is 0.481 e. The van der Waals surface area contributed by atoms with Crippen molar-refractivity contribution in [3.8, 4) is 0 Å². The Bertz CT molecular complexity index is 365. The molecule has 0 aromatic heterocycles. The lowest BCUT2D eigenvalue weighted by Crippen LogP contribution is -2.50. The van der Waals surface area contributed by atoms with Gasteiger partial charge in [0.25, 0.3) is 0 Å². The fourth-order valence-corrected chi connectivity index (χ4v) is 2.05. The molecule has 0 bridgehead atoms. The van der Waals surface area contributed by atoms with Crippen LogP contribution in [0.3, 0.4) is 0 Å². The second-order valence-corrected chi connectivity index (χ2v) is 5.17.